The van der Waals surface area contributed by atoms with Crippen LogP contribution in [0.4, 0.5) is 0 Å². The molecule has 1 aliphatic heterocycles. The van der Waals surface area contributed by atoms with E-state index in [9.17, 15) is 0 Å². The van der Waals surface area contributed by atoms with Gasteiger partial charge in [-0.05, 0) is 70.1 Å². The SMILES string of the molecule is [2H]C1=C(C([2H])([2H])C([2H])([2H])C([2H])([2H])C([2H])([2H])[2H])[C@@]23C[C@@H](CC[C@]2(C)CC1([2H])[2H])C(C)(C)O3. The van der Waals surface area contributed by atoms with Crippen molar-refractivity contribution in [1.29, 1.82) is 0 Å². The molecule has 0 N–H and O–H groups in total. The first-order valence-electron chi connectivity index (χ1n) is 12.9. The first-order chi connectivity index (χ1) is 13.5. The summed E-state index contributed by atoms with van der Waals surface area (Å²) in [4.78, 5) is 0. The van der Waals surface area contributed by atoms with Crippen LogP contribution in [0, 0.1) is 11.3 Å². The highest BCUT2D eigenvalue weighted by atomic mass is 16.5. The van der Waals surface area contributed by atoms with E-state index in [1.54, 1.807) is 6.92 Å². The maximum absolute atomic E-state index is 8.73. The molecule has 2 fully saturated rings. The van der Waals surface area contributed by atoms with Gasteiger partial charge in [0.15, 0.2) is 0 Å². The quantitative estimate of drug-likeness (QED) is 0.639. The number of hydrogen-bond donors (Lipinski definition) is 0. The van der Waals surface area contributed by atoms with Crippen molar-refractivity contribution >= 4 is 0 Å². The van der Waals surface area contributed by atoms with Gasteiger partial charge in [-0.25, -0.2) is 0 Å². The molecule has 2 aliphatic carbocycles. The summed E-state index contributed by atoms with van der Waals surface area (Å²) in [5.41, 5.74) is -3.81. The molecule has 0 unspecified atom stereocenters. The molecule has 0 radical (unpaired) electrons. The summed E-state index contributed by atoms with van der Waals surface area (Å²) in [7, 11) is 0. The highest BCUT2D eigenvalue weighted by Gasteiger charge is 2.64. The molecule has 3 atom stereocenters. The maximum atomic E-state index is 8.73. The Morgan fingerprint density at radius 3 is 3.16 bits per heavy atom. The molecule has 1 nitrogen and oxygen atoms in total. The Hall–Kier alpha value is -0.300. The van der Waals surface area contributed by atoms with E-state index in [0.29, 0.717) is 12.8 Å². The predicted octanol–water partition coefficient (Wildman–Crippen LogP) is 5.25. The fourth-order valence-electron chi connectivity index (χ4n) is 4.02. The fraction of sp³-hybridized carbons (Fsp3) is 0.889. The zero-order valence-corrected chi connectivity index (χ0v) is 11.8. The minimum Gasteiger partial charge on any atom is -0.364 e. The number of allylic oxidation sites excluding steroid dienone is 1. The Bertz CT molecular complexity index is 811. The third-order valence-corrected chi connectivity index (χ3v) is 5.32. The Balaban J connectivity index is 2.33. The molecule has 1 heteroatoms. The van der Waals surface area contributed by atoms with Gasteiger partial charge >= 0.3 is 0 Å². The lowest BCUT2D eigenvalue weighted by atomic mass is 9.55. The van der Waals surface area contributed by atoms with Crippen LogP contribution in [0.3, 0.4) is 0 Å². The van der Waals surface area contributed by atoms with Crippen molar-refractivity contribution in [1.82, 2.24) is 0 Å². The molecule has 3 aliphatic rings. The van der Waals surface area contributed by atoms with Crippen LogP contribution in [-0.2, 0) is 4.74 Å². The summed E-state index contributed by atoms with van der Waals surface area (Å²) in [5.74, 6) is -0.0339. The standard InChI is InChI=1S/C18H30O/c1-5-6-8-14-9-7-11-17(4)12-10-15-13-18(14,17)19-16(15,2)3/h9,15H,5-8,10-13H2,1-4H3/t15-,17+,18+/m1/s1/i1D3,5D2,6D2,7D2,8D2,9D. The first kappa shape index (κ1) is 5.48. The van der Waals surface area contributed by atoms with Crippen LogP contribution >= 0.6 is 0 Å². The largest absolute Gasteiger partial charge is 0.364 e. The number of ether oxygens (including phenoxy) is 1. The second-order valence-corrected chi connectivity index (χ2v) is 6.76. The molecule has 2 bridgehead atoms. The molecule has 1 saturated carbocycles. The second-order valence-electron chi connectivity index (χ2n) is 6.76. The van der Waals surface area contributed by atoms with Gasteiger partial charge in [-0.2, -0.15) is 0 Å². The molecule has 0 aromatic rings. The van der Waals surface area contributed by atoms with Crippen molar-refractivity contribution in [2.24, 2.45) is 11.3 Å². The van der Waals surface area contributed by atoms with E-state index in [4.69, 9.17) is 21.2 Å². The summed E-state index contributed by atoms with van der Waals surface area (Å²) >= 11 is 0. The fourth-order valence-corrected chi connectivity index (χ4v) is 4.02. The summed E-state index contributed by atoms with van der Waals surface area (Å²) < 4.78 is 104. The van der Waals surface area contributed by atoms with E-state index in [-0.39, 0.29) is 18.8 Å². The monoisotopic (exact) mass is 274 g/mol. The van der Waals surface area contributed by atoms with Gasteiger partial charge in [-0.1, -0.05) is 26.2 Å². The summed E-state index contributed by atoms with van der Waals surface area (Å²) in [6, 6.07) is -0.779. The van der Waals surface area contributed by atoms with Crippen LogP contribution in [0.2, 0.25) is 0 Å². The minimum absolute atomic E-state index is 0.0339. The first-order valence-corrected chi connectivity index (χ1v) is 6.93. The van der Waals surface area contributed by atoms with Gasteiger partial charge in [0, 0.05) is 20.5 Å². The highest BCUT2D eigenvalue weighted by molar-refractivity contribution is 5.31. The predicted molar refractivity (Wildman–Crippen MR) is 80.2 cm³/mol. The second kappa shape index (κ2) is 4.35. The van der Waals surface area contributed by atoms with Gasteiger partial charge in [-0.3, -0.25) is 0 Å². The van der Waals surface area contributed by atoms with E-state index in [0.717, 1.165) is 0 Å². The van der Waals surface area contributed by atoms with Crippen LogP contribution in [0.25, 0.3) is 0 Å². The van der Waals surface area contributed by atoms with Gasteiger partial charge < -0.3 is 4.74 Å². The van der Waals surface area contributed by atoms with Crippen LogP contribution in [0.1, 0.15) is 95.2 Å². The molecule has 1 saturated heterocycles. The van der Waals surface area contributed by atoms with E-state index in [1.165, 1.54) is 0 Å². The van der Waals surface area contributed by atoms with Gasteiger partial charge in [0.1, 0.15) is 0 Å². The Morgan fingerprint density at radius 2 is 2.37 bits per heavy atom. The summed E-state index contributed by atoms with van der Waals surface area (Å²) in [6.45, 7) is 1.92. The minimum atomic E-state index is -3.60. The number of hydrogen-bond acceptors (Lipinski definition) is 1. The molecule has 0 amide bonds. The Labute approximate surface area is 135 Å². The molecule has 3 rings (SSSR count). The maximum Gasteiger partial charge on any atom is 0.0955 e. The number of rotatable bonds is 3. The van der Waals surface area contributed by atoms with Crippen molar-refractivity contribution in [3.05, 3.63) is 11.6 Å². The average molecular weight is 275 g/mol. The molecular weight excluding hydrogens is 232 g/mol. The average Bonchev–Trinajstić information content (AvgIpc) is 2.77. The lowest BCUT2D eigenvalue weighted by Gasteiger charge is -2.52. The molecule has 1 heterocycles. The van der Waals surface area contributed by atoms with Crippen LogP contribution in [0.15, 0.2) is 11.6 Å². The smallest absolute Gasteiger partial charge is 0.0955 e. The van der Waals surface area contributed by atoms with Crippen molar-refractivity contribution in [2.45, 2.75) is 90.0 Å². The molecular formula is C18H30O. The zero-order chi connectivity index (χ0) is 24.3. The third kappa shape index (κ3) is 1.84. The van der Waals surface area contributed by atoms with Crippen molar-refractivity contribution < 1.29 is 21.2 Å². The molecule has 1 spiro atoms. The van der Waals surface area contributed by atoms with E-state index >= 15 is 0 Å². The Morgan fingerprint density at radius 1 is 1.53 bits per heavy atom. The molecule has 0 aromatic carbocycles. The molecule has 19 heavy (non-hydrogen) atoms. The normalized spacial score (nSPS) is 59.2. The summed E-state index contributed by atoms with van der Waals surface area (Å²) in [5, 5.41) is 0. The zero-order valence-electron chi connectivity index (χ0n) is 23.8. The van der Waals surface area contributed by atoms with Crippen LogP contribution < -0.4 is 0 Å². The molecule has 108 valence electrons. The lowest BCUT2D eigenvalue weighted by molar-refractivity contribution is -0.132. The van der Waals surface area contributed by atoms with Gasteiger partial charge in [0.05, 0.1) is 12.6 Å². The Kier molecular flexibility index (Phi) is 1.25. The number of fused-ring (bicyclic) bond motifs is 1. The molecule has 0 aromatic heterocycles. The van der Waals surface area contributed by atoms with E-state index < -0.39 is 60.6 Å². The van der Waals surface area contributed by atoms with E-state index in [1.807, 2.05) is 13.8 Å². The van der Waals surface area contributed by atoms with Crippen molar-refractivity contribution in [2.75, 3.05) is 0 Å². The van der Waals surface area contributed by atoms with Crippen LogP contribution in [0.5, 0.6) is 0 Å². The van der Waals surface area contributed by atoms with E-state index in [2.05, 4.69) is 0 Å². The van der Waals surface area contributed by atoms with Crippen molar-refractivity contribution in [3.63, 3.8) is 0 Å². The third-order valence-electron chi connectivity index (χ3n) is 5.32. The van der Waals surface area contributed by atoms with Gasteiger partial charge in [-0.15, -0.1) is 0 Å². The van der Waals surface area contributed by atoms with Crippen molar-refractivity contribution in [3.8, 4) is 0 Å². The highest BCUT2D eigenvalue weighted by Crippen LogP contribution is 2.65. The van der Waals surface area contributed by atoms with Gasteiger partial charge in [0.25, 0.3) is 0 Å². The van der Waals surface area contributed by atoms with Crippen LogP contribution in [-0.4, -0.2) is 11.2 Å². The van der Waals surface area contributed by atoms with Gasteiger partial charge in [0.2, 0.25) is 0 Å². The lowest BCUT2D eigenvalue weighted by Crippen LogP contribution is -2.51. The topological polar surface area (TPSA) is 9.23 Å². The summed E-state index contributed by atoms with van der Waals surface area (Å²) in [6.07, 6.45) is -11.5.